The second-order valence-corrected chi connectivity index (χ2v) is 7.70. The normalized spacial score (nSPS) is 16.2. The van der Waals surface area contributed by atoms with Crippen LogP contribution in [0.4, 0.5) is 0 Å². The summed E-state index contributed by atoms with van der Waals surface area (Å²) in [6.07, 6.45) is 8.58. The quantitative estimate of drug-likeness (QED) is 0.608. The van der Waals surface area contributed by atoms with E-state index in [-0.39, 0.29) is 11.7 Å². The van der Waals surface area contributed by atoms with Crippen LogP contribution in [0.15, 0.2) is 48.6 Å². The van der Waals surface area contributed by atoms with Crippen molar-refractivity contribution in [3.05, 3.63) is 59.7 Å². The van der Waals surface area contributed by atoms with E-state index in [2.05, 4.69) is 5.32 Å². The first-order chi connectivity index (χ1) is 11.5. The molecule has 2 rings (SSSR count). The third-order valence-electron chi connectivity index (χ3n) is 3.92. The topological polar surface area (TPSA) is 66.5 Å². The van der Waals surface area contributed by atoms with Crippen LogP contribution in [0.25, 0.3) is 0 Å². The molecule has 6 heteroatoms. The number of amides is 1. The molecule has 0 spiro atoms. The zero-order valence-electron chi connectivity index (χ0n) is 13.9. The molecule has 1 aromatic carbocycles. The van der Waals surface area contributed by atoms with Crippen molar-refractivity contribution in [3.8, 4) is 0 Å². The molecule has 1 aliphatic rings. The summed E-state index contributed by atoms with van der Waals surface area (Å²) in [4.78, 5) is 11.7. The zero-order valence-corrected chi connectivity index (χ0v) is 14.8. The van der Waals surface area contributed by atoms with E-state index in [0.29, 0.717) is 19.6 Å². The van der Waals surface area contributed by atoms with Gasteiger partial charge >= 0.3 is 0 Å². The van der Waals surface area contributed by atoms with E-state index in [4.69, 9.17) is 0 Å². The number of hydrogen-bond donors (Lipinski definition) is 1. The number of carbonyl (C=O) groups excluding carboxylic acids is 1. The van der Waals surface area contributed by atoms with Gasteiger partial charge in [0, 0.05) is 25.7 Å². The van der Waals surface area contributed by atoms with Gasteiger partial charge in [0.25, 0.3) is 0 Å². The lowest BCUT2D eigenvalue weighted by Crippen LogP contribution is -2.29. The average Bonchev–Trinajstić information content (AvgIpc) is 3.09. The van der Waals surface area contributed by atoms with Crippen LogP contribution in [0.5, 0.6) is 0 Å². The third kappa shape index (κ3) is 5.32. The first kappa shape index (κ1) is 18.4. The smallest absolute Gasteiger partial charge is 0.244 e. The molecule has 1 fully saturated rings. The second-order valence-electron chi connectivity index (χ2n) is 5.73. The Kier molecular flexibility index (Phi) is 6.75. The predicted molar refractivity (Wildman–Crippen MR) is 95.7 cm³/mol. The summed E-state index contributed by atoms with van der Waals surface area (Å²) in [6.45, 7) is 3.40. The van der Waals surface area contributed by atoms with Crippen LogP contribution >= 0.6 is 0 Å². The van der Waals surface area contributed by atoms with Crippen LogP contribution in [0.1, 0.15) is 30.9 Å². The monoisotopic (exact) mass is 348 g/mol. The minimum Gasteiger partial charge on any atom is -0.348 e. The summed E-state index contributed by atoms with van der Waals surface area (Å²) < 4.78 is 26.5. The molecule has 0 unspecified atom stereocenters. The molecule has 1 amide bonds. The lowest BCUT2D eigenvalue weighted by molar-refractivity contribution is -0.116. The fourth-order valence-electron chi connectivity index (χ4n) is 2.62. The van der Waals surface area contributed by atoms with Crippen molar-refractivity contribution in [3.63, 3.8) is 0 Å². The molecule has 0 saturated carbocycles. The molecule has 1 saturated heterocycles. The highest BCUT2D eigenvalue weighted by Gasteiger charge is 2.26. The summed E-state index contributed by atoms with van der Waals surface area (Å²) in [5.74, 6) is -0.224. The maximum Gasteiger partial charge on any atom is 0.244 e. The Morgan fingerprint density at radius 2 is 1.83 bits per heavy atom. The molecule has 1 aromatic rings. The SMILES string of the molecule is CC=CC=CC(=O)NCc1ccccc1CS(=O)(=O)N1CCCC1. The molecular weight excluding hydrogens is 324 g/mol. The molecule has 1 heterocycles. The van der Waals surface area contributed by atoms with Gasteiger partial charge in [-0.25, -0.2) is 12.7 Å². The van der Waals surface area contributed by atoms with Crippen LogP contribution in [0.2, 0.25) is 0 Å². The molecule has 5 nitrogen and oxygen atoms in total. The predicted octanol–water partition coefficient (Wildman–Crippen LogP) is 2.36. The zero-order chi connectivity index (χ0) is 17.4. The van der Waals surface area contributed by atoms with Crippen LogP contribution in [0, 0.1) is 0 Å². The van der Waals surface area contributed by atoms with Crippen molar-refractivity contribution in [1.29, 1.82) is 0 Å². The van der Waals surface area contributed by atoms with E-state index in [9.17, 15) is 13.2 Å². The summed E-state index contributed by atoms with van der Waals surface area (Å²) in [6, 6.07) is 7.34. The Balaban J connectivity index is 2.03. The van der Waals surface area contributed by atoms with Gasteiger partial charge in [-0.3, -0.25) is 4.79 Å². The highest BCUT2D eigenvalue weighted by atomic mass is 32.2. The van der Waals surface area contributed by atoms with E-state index < -0.39 is 10.0 Å². The molecule has 130 valence electrons. The minimum absolute atomic E-state index is 0.0204. The van der Waals surface area contributed by atoms with Crippen molar-refractivity contribution < 1.29 is 13.2 Å². The molecule has 24 heavy (non-hydrogen) atoms. The number of hydrogen-bond acceptors (Lipinski definition) is 3. The maximum atomic E-state index is 12.5. The van der Waals surface area contributed by atoms with Crippen LogP contribution in [-0.2, 0) is 27.1 Å². The molecule has 0 atom stereocenters. The van der Waals surface area contributed by atoms with Crippen molar-refractivity contribution >= 4 is 15.9 Å². The number of benzene rings is 1. The largest absolute Gasteiger partial charge is 0.348 e. The number of nitrogens with zero attached hydrogens (tertiary/aromatic N) is 1. The lowest BCUT2D eigenvalue weighted by Gasteiger charge is -2.17. The Labute approximate surface area is 144 Å². The van der Waals surface area contributed by atoms with Gasteiger partial charge in [0.2, 0.25) is 15.9 Å². The Morgan fingerprint density at radius 3 is 2.50 bits per heavy atom. The fraction of sp³-hybridized carbons (Fsp3) is 0.389. The van der Waals surface area contributed by atoms with Gasteiger partial charge in [-0.1, -0.05) is 42.5 Å². The number of allylic oxidation sites excluding steroid dienone is 3. The second kappa shape index (κ2) is 8.80. The van der Waals surface area contributed by atoms with Crippen molar-refractivity contribution in [2.45, 2.75) is 32.1 Å². The maximum absolute atomic E-state index is 12.5. The van der Waals surface area contributed by atoms with E-state index in [1.54, 1.807) is 16.5 Å². The first-order valence-corrected chi connectivity index (χ1v) is 9.75. The molecule has 1 aliphatic heterocycles. The Hall–Kier alpha value is -1.92. The highest BCUT2D eigenvalue weighted by molar-refractivity contribution is 7.88. The van der Waals surface area contributed by atoms with E-state index >= 15 is 0 Å². The van der Waals surface area contributed by atoms with E-state index in [1.165, 1.54) is 6.08 Å². The van der Waals surface area contributed by atoms with Crippen molar-refractivity contribution in [2.24, 2.45) is 0 Å². The number of nitrogens with one attached hydrogen (secondary N) is 1. The van der Waals surface area contributed by atoms with Gasteiger partial charge in [0.1, 0.15) is 0 Å². The highest BCUT2D eigenvalue weighted by Crippen LogP contribution is 2.19. The molecule has 1 N–H and O–H groups in total. The molecular formula is C18H24N2O3S. The lowest BCUT2D eigenvalue weighted by atomic mass is 10.1. The summed E-state index contributed by atoms with van der Waals surface area (Å²) in [5.41, 5.74) is 1.56. The fourth-order valence-corrected chi connectivity index (χ4v) is 4.29. The molecule has 0 bridgehead atoms. The molecule has 0 aromatic heterocycles. The van der Waals surface area contributed by atoms with Crippen LogP contribution in [0.3, 0.4) is 0 Å². The van der Waals surface area contributed by atoms with Gasteiger partial charge in [-0.15, -0.1) is 0 Å². The average molecular weight is 348 g/mol. The van der Waals surface area contributed by atoms with Gasteiger partial charge in [-0.05, 0) is 30.9 Å². The third-order valence-corrected chi connectivity index (χ3v) is 5.75. The standard InChI is InChI=1S/C18H24N2O3S/c1-2-3-4-11-18(21)19-14-16-9-5-6-10-17(16)15-24(22,23)20-12-7-8-13-20/h2-6,9-11H,7-8,12-15H2,1H3,(H,19,21). The van der Waals surface area contributed by atoms with Crippen molar-refractivity contribution in [1.82, 2.24) is 9.62 Å². The van der Waals surface area contributed by atoms with Gasteiger partial charge in [-0.2, -0.15) is 0 Å². The van der Waals surface area contributed by atoms with Crippen LogP contribution < -0.4 is 5.32 Å². The summed E-state index contributed by atoms with van der Waals surface area (Å²) in [7, 11) is -3.29. The molecule has 0 radical (unpaired) electrons. The van der Waals surface area contributed by atoms with E-state index in [0.717, 1.165) is 24.0 Å². The van der Waals surface area contributed by atoms with Gasteiger partial charge in [0.05, 0.1) is 5.75 Å². The number of rotatable bonds is 7. The summed E-state index contributed by atoms with van der Waals surface area (Å²) >= 11 is 0. The van der Waals surface area contributed by atoms with Gasteiger partial charge in [0.15, 0.2) is 0 Å². The molecule has 0 aliphatic carbocycles. The minimum atomic E-state index is -3.29. The van der Waals surface area contributed by atoms with Crippen LogP contribution in [-0.4, -0.2) is 31.7 Å². The number of sulfonamides is 1. The first-order valence-electron chi connectivity index (χ1n) is 8.15. The van der Waals surface area contributed by atoms with E-state index in [1.807, 2.05) is 37.3 Å². The van der Waals surface area contributed by atoms with Gasteiger partial charge < -0.3 is 5.32 Å². The Bertz CT molecular complexity index is 718. The van der Waals surface area contributed by atoms with Crippen molar-refractivity contribution in [2.75, 3.05) is 13.1 Å². The Morgan fingerprint density at radius 1 is 1.17 bits per heavy atom. The number of carbonyl (C=O) groups is 1. The summed E-state index contributed by atoms with van der Waals surface area (Å²) in [5, 5.41) is 2.79.